The summed E-state index contributed by atoms with van der Waals surface area (Å²) in [6.07, 6.45) is 7.05. The van der Waals surface area contributed by atoms with Crippen molar-refractivity contribution in [2.24, 2.45) is 0 Å². The van der Waals surface area contributed by atoms with Crippen LogP contribution in [0.2, 0.25) is 0 Å². The molecule has 2 atom stereocenters. The summed E-state index contributed by atoms with van der Waals surface area (Å²) in [6, 6.07) is 7.14. The number of unbranched alkanes of at least 4 members (excludes halogenated alkanes) is 2. The highest BCUT2D eigenvalue weighted by atomic mass is 16.5. The Kier molecular flexibility index (Phi) is 5.69. The van der Waals surface area contributed by atoms with Crippen LogP contribution in [0.5, 0.6) is 5.75 Å². The summed E-state index contributed by atoms with van der Waals surface area (Å²) >= 11 is 0. The number of ether oxygens (including phenoxy) is 1. The Morgan fingerprint density at radius 3 is 2.71 bits per heavy atom. The van der Waals surface area contributed by atoms with Crippen molar-refractivity contribution in [3.05, 3.63) is 29.3 Å². The van der Waals surface area contributed by atoms with E-state index < -0.39 is 0 Å². The maximum absolute atomic E-state index is 6.29. The van der Waals surface area contributed by atoms with E-state index >= 15 is 0 Å². The molecular weight excluding hydrogens is 258 g/mol. The maximum Gasteiger partial charge on any atom is 0.124 e. The Morgan fingerprint density at radius 1 is 1.24 bits per heavy atom. The molecule has 2 heteroatoms. The SMILES string of the molecule is CCCCCNC1CC(C)(CC)Oc2ccc(CC)cc21. The first-order valence-corrected chi connectivity index (χ1v) is 8.67. The lowest BCUT2D eigenvalue weighted by Crippen LogP contribution is -2.41. The summed E-state index contributed by atoms with van der Waals surface area (Å²) in [5, 5.41) is 3.77. The second-order valence-electron chi connectivity index (χ2n) is 6.55. The molecule has 1 aromatic carbocycles. The largest absolute Gasteiger partial charge is 0.487 e. The van der Waals surface area contributed by atoms with Crippen molar-refractivity contribution in [3.8, 4) is 5.75 Å². The lowest BCUT2D eigenvalue weighted by atomic mass is 9.86. The van der Waals surface area contributed by atoms with Gasteiger partial charge in [0.25, 0.3) is 0 Å². The molecular formula is C19H31NO. The molecule has 1 aliphatic rings. The number of fused-ring (bicyclic) bond motifs is 1. The van der Waals surface area contributed by atoms with E-state index in [2.05, 4.69) is 51.2 Å². The van der Waals surface area contributed by atoms with Crippen LogP contribution in [0.3, 0.4) is 0 Å². The monoisotopic (exact) mass is 289 g/mol. The molecule has 0 spiro atoms. The van der Waals surface area contributed by atoms with Gasteiger partial charge in [0.2, 0.25) is 0 Å². The van der Waals surface area contributed by atoms with Crippen molar-refractivity contribution in [1.82, 2.24) is 5.32 Å². The Labute approximate surface area is 130 Å². The molecule has 0 aliphatic carbocycles. The highest BCUT2D eigenvalue weighted by Crippen LogP contribution is 2.41. The molecule has 1 aromatic rings. The molecule has 0 radical (unpaired) electrons. The van der Waals surface area contributed by atoms with E-state index in [9.17, 15) is 0 Å². The zero-order valence-corrected chi connectivity index (χ0v) is 14.2. The smallest absolute Gasteiger partial charge is 0.124 e. The van der Waals surface area contributed by atoms with Crippen molar-refractivity contribution in [1.29, 1.82) is 0 Å². The lowest BCUT2D eigenvalue weighted by Gasteiger charge is -2.40. The fourth-order valence-corrected chi connectivity index (χ4v) is 3.08. The van der Waals surface area contributed by atoms with E-state index in [4.69, 9.17) is 4.74 Å². The van der Waals surface area contributed by atoms with E-state index in [0.717, 1.165) is 31.6 Å². The number of benzene rings is 1. The summed E-state index contributed by atoms with van der Waals surface area (Å²) in [5.41, 5.74) is 2.72. The predicted octanol–water partition coefficient (Wildman–Crippen LogP) is 5.02. The molecule has 1 aliphatic heterocycles. The third kappa shape index (κ3) is 4.00. The predicted molar refractivity (Wildman–Crippen MR) is 90.0 cm³/mol. The van der Waals surface area contributed by atoms with Gasteiger partial charge >= 0.3 is 0 Å². The topological polar surface area (TPSA) is 21.3 Å². The van der Waals surface area contributed by atoms with Gasteiger partial charge in [0, 0.05) is 18.0 Å². The fraction of sp³-hybridized carbons (Fsp3) is 0.684. The third-order valence-corrected chi connectivity index (χ3v) is 4.77. The summed E-state index contributed by atoms with van der Waals surface area (Å²) in [5.74, 6) is 1.08. The highest BCUT2D eigenvalue weighted by Gasteiger charge is 2.35. The molecule has 21 heavy (non-hydrogen) atoms. The van der Waals surface area contributed by atoms with Gasteiger partial charge in [0.1, 0.15) is 11.4 Å². The molecule has 2 unspecified atom stereocenters. The van der Waals surface area contributed by atoms with E-state index in [1.54, 1.807) is 0 Å². The number of aryl methyl sites for hydroxylation is 1. The number of hydrogen-bond donors (Lipinski definition) is 1. The Morgan fingerprint density at radius 2 is 2.05 bits per heavy atom. The molecule has 0 saturated heterocycles. The van der Waals surface area contributed by atoms with Crippen LogP contribution in [0.15, 0.2) is 18.2 Å². The number of rotatable bonds is 7. The van der Waals surface area contributed by atoms with E-state index in [1.165, 1.54) is 30.4 Å². The van der Waals surface area contributed by atoms with Gasteiger partial charge in [0.05, 0.1) is 0 Å². The van der Waals surface area contributed by atoms with E-state index in [1.807, 2.05) is 0 Å². The van der Waals surface area contributed by atoms with Gasteiger partial charge in [-0.05, 0) is 44.4 Å². The molecule has 0 amide bonds. The molecule has 2 rings (SSSR count). The first-order valence-electron chi connectivity index (χ1n) is 8.67. The van der Waals surface area contributed by atoms with Crippen molar-refractivity contribution < 1.29 is 4.74 Å². The first kappa shape index (κ1) is 16.4. The molecule has 0 bridgehead atoms. The molecule has 1 heterocycles. The van der Waals surface area contributed by atoms with Crippen LogP contribution in [0, 0.1) is 0 Å². The normalized spacial score (nSPS) is 24.5. The van der Waals surface area contributed by atoms with Gasteiger partial charge in [0.15, 0.2) is 0 Å². The third-order valence-electron chi connectivity index (χ3n) is 4.77. The van der Waals surface area contributed by atoms with Gasteiger partial charge in [-0.2, -0.15) is 0 Å². The molecule has 0 aromatic heterocycles. The summed E-state index contributed by atoms with van der Waals surface area (Å²) in [7, 11) is 0. The standard InChI is InChI=1S/C19H31NO/c1-5-8-9-12-20-17-14-19(4,7-3)21-18-11-10-15(6-2)13-16(17)18/h10-11,13,17,20H,5-9,12,14H2,1-4H3. The lowest BCUT2D eigenvalue weighted by molar-refractivity contribution is 0.0442. The molecule has 0 saturated carbocycles. The Hall–Kier alpha value is -1.02. The minimum atomic E-state index is -0.0385. The molecule has 0 fully saturated rings. The molecule has 2 nitrogen and oxygen atoms in total. The molecule has 118 valence electrons. The average molecular weight is 289 g/mol. The van der Waals surface area contributed by atoms with E-state index in [-0.39, 0.29) is 5.60 Å². The van der Waals surface area contributed by atoms with Gasteiger partial charge in [-0.1, -0.05) is 45.7 Å². The Balaban J connectivity index is 2.17. The van der Waals surface area contributed by atoms with Crippen molar-refractivity contribution >= 4 is 0 Å². The van der Waals surface area contributed by atoms with Crippen LogP contribution in [0.4, 0.5) is 0 Å². The minimum Gasteiger partial charge on any atom is -0.487 e. The fourth-order valence-electron chi connectivity index (χ4n) is 3.08. The summed E-state index contributed by atoms with van der Waals surface area (Å²) < 4.78 is 6.29. The van der Waals surface area contributed by atoms with Crippen LogP contribution in [-0.4, -0.2) is 12.1 Å². The highest BCUT2D eigenvalue weighted by molar-refractivity contribution is 5.42. The van der Waals surface area contributed by atoms with Crippen LogP contribution in [0.25, 0.3) is 0 Å². The van der Waals surface area contributed by atoms with Gasteiger partial charge < -0.3 is 10.1 Å². The van der Waals surface area contributed by atoms with Gasteiger partial charge in [-0.25, -0.2) is 0 Å². The molecule has 1 N–H and O–H groups in total. The maximum atomic E-state index is 6.29. The quantitative estimate of drug-likeness (QED) is 0.711. The van der Waals surface area contributed by atoms with Crippen LogP contribution >= 0.6 is 0 Å². The van der Waals surface area contributed by atoms with Crippen LogP contribution in [-0.2, 0) is 6.42 Å². The summed E-state index contributed by atoms with van der Waals surface area (Å²) in [4.78, 5) is 0. The van der Waals surface area contributed by atoms with Crippen LogP contribution < -0.4 is 10.1 Å². The number of nitrogens with one attached hydrogen (secondary N) is 1. The van der Waals surface area contributed by atoms with E-state index in [0.29, 0.717) is 6.04 Å². The Bertz CT molecular complexity index is 457. The van der Waals surface area contributed by atoms with Crippen LogP contribution in [0.1, 0.15) is 77.0 Å². The van der Waals surface area contributed by atoms with Crippen molar-refractivity contribution in [2.75, 3.05) is 6.54 Å². The van der Waals surface area contributed by atoms with Gasteiger partial charge in [-0.15, -0.1) is 0 Å². The van der Waals surface area contributed by atoms with Crippen molar-refractivity contribution in [2.45, 2.75) is 77.9 Å². The van der Waals surface area contributed by atoms with Crippen molar-refractivity contribution in [3.63, 3.8) is 0 Å². The second-order valence-corrected chi connectivity index (χ2v) is 6.55. The number of hydrogen-bond acceptors (Lipinski definition) is 2. The zero-order valence-electron chi connectivity index (χ0n) is 14.2. The summed E-state index contributed by atoms with van der Waals surface area (Å²) in [6.45, 7) is 10.0. The first-order chi connectivity index (χ1) is 10.1. The zero-order chi connectivity index (χ0) is 15.3. The average Bonchev–Trinajstić information content (AvgIpc) is 2.51. The minimum absolute atomic E-state index is 0.0385. The second kappa shape index (κ2) is 7.31. The van der Waals surface area contributed by atoms with Gasteiger partial charge in [-0.3, -0.25) is 0 Å².